The zero-order valence-electron chi connectivity index (χ0n) is 7.29. The Bertz CT molecular complexity index is 240. The van der Waals surface area contributed by atoms with E-state index in [2.05, 4.69) is 4.74 Å². The molecule has 0 saturated carbocycles. The number of rotatable bonds is 1. The second kappa shape index (κ2) is 3.52. The van der Waals surface area contributed by atoms with Crippen molar-refractivity contribution in [3.8, 4) is 0 Å². The van der Waals surface area contributed by atoms with Gasteiger partial charge in [-0.05, 0) is 12.3 Å². The van der Waals surface area contributed by atoms with Crippen LogP contribution in [0.1, 0.15) is 19.8 Å². The van der Waals surface area contributed by atoms with Crippen LogP contribution in [0.5, 0.6) is 0 Å². The third kappa shape index (κ3) is 1.72. The zero-order chi connectivity index (χ0) is 9.14. The predicted octanol–water partition coefficient (Wildman–Crippen LogP) is 1.08. The molecule has 0 saturated heterocycles. The van der Waals surface area contributed by atoms with Gasteiger partial charge in [-0.25, -0.2) is 4.79 Å². The second-order valence-electron chi connectivity index (χ2n) is 3.01. The minimum atomic E-state index is -0.508. The van der Waals surface area contributed by atoms with Gasteiger partial charge in [0.2, 0.25) is 0 Å². The number of ketones is 1. The Morgan fingerprint density at radius 2 is 2.33 bits per heavy atom. The molecule has 0 radical (unpaired) electrons. The number of Topliss-reactive ketones (excluding diaryl/α,β-unsaturated/α-hetero) is 1. The van der Waals surface area contributed by atoms with Crippen molar-refractivity contribution in [1.29, 1.82) is 0 Å². The van der Waals surface area contributed by atoms with E-state index in [9.17, 15) is 9.59 Å². The molecule has 0 amide bonds. The summed E-state index contributed by atoms with van der Waals surface area (Å²) in [6.45, 7) is 1.98. The first kappa shape index (κ1) is 8.97. The third-order valence-electron chi connectivity index (χ3n) is 1.98. The standard InChI is InChI=1S/C9H12O3/c1-6-3-4-8(10)7(5-6)9(11)12-2/h5-6H,3-4H2,1-2H3. The van der Waals surface area contributed by atoms with Gasteiger partial charge in [-0.1, -0.05) is 13.0 Å². The Labute approximate surface area is 71.4 Å². The molecular formula is C9H12O3. The summed E-state index contributed by atoms with van der Waals surface area (Å²) >= 11 is 0. The molecule has 3 heteroatoms. The molecule has 0 N–H and O–H groups in total. The van der Waals surface area contributed by atoms with Crippen LogP contribution in [0.15, 0.2) is 11.6 Å². The molecule has 0 aromatic heterocycles. The maximum Gasteiger partial charge on any atom is 0.341 e. The molecular weight excluding hydrogens is 156 g/mol. The van der Waals surface area contributed by atoms with Crippen LogP contribution in [0.3, 0.4) is 0 Å². The van der Waals surface area contributed by atoms with Gasteiger partial charge in [0.25, 0.3) is 0 Å². The normalized spacial score (nSPS) is 23.3. The van der Waals surface area contributed by atoms with Crippen LogP contribution >= 0.6 is 0 Å². The minimum Gasteiger partial charge on any atom is -0.465 e. The number of carbonyl (C=O) groups excluding carboxylic acids is 2. The van der Waals surface area contributed by atoms with Crippen molar-refractivity contribution in [2.45, 2.75) is 19.8 Å². The largest absolute Gasteiger partial charge is 0.465 e. The molecule has 3 nitrogen and oxygen atoms in total. The summed E-state index contributed by atoms with van der Waals surface area (Å²) in [4.78, 5) is 22.2. The van der Waals surface area contributed by atoms with Crippen LogP contribution in [-0.2, 0) is 14.3 Å². The fourth-order valence-electron chi connectivity index (χ4n) is 1.25. The highest BCUT2D eigenvalue weighted by molar-refractivity contribution is 6.17. The Morgan fingerprint density at radius 1 is 1.67 bits per heavy atom. The first-order chi connectivity index (χ1) is 5.65. The first-order valence-corrected chi connectivity index (χ1v) is 3.98. The maximum atomic E-state index is 11.2. The summed E-state index contributed by atoms with van der Waals surface area (Å²) in [7, 11) is 1.29. The van der Waals surface area contributed by atoms with Crippen molar-refractivity contribution in [2.75, 3.05) is 7.11 Å². The molecule has 1 aliphatic rings. The van der Waals surface area contributed by atoms with Gasteiger partial charge in [-0.15, -0.1) is 0 Å². The average molecular weight is 168 g/mol. The topological polar surface area (TPSA) is 43.4 Å². The molecule has 0 aliphatic heterocycles. The summed E-state index contributed by atoms with van der Waals surface area (Å²) in [5, 5.41) is 0. The molecule has 1 rings (SSSR count). The van der Waals surface area contributed by atoms with Gasteiger partial charge < -0.3 is 4.74 Å². The molecule has 0 fully saturated rings. The van der Waals surface area contributed by atoms with Gasteiger partial charge in [0.05, 0.1) is 12.7 Å². The van der Waals surface area contributed by atoms with Gasteiger partial charge in [-0.2, -0.15) is 0 Å². The zero-order valence-corrected chi connectivity index (χ0v) is 7.29. The summed E-state index contributed by atoms with van der Waals surface area (Å²) in [6, 6.07) is 0. The fourth-order valence-corrected chi connectivity index (χ4v) is 1.25. The Balaban J connectivity index is 2.84. The predicted molar refractivity (Wildman–Crippen MR) is 43.5 cm³/mol. The quantitative estimate of drug-likeness (QED) is 0.434. The SMILES string of the molecule is COC(=O)C1=CC(C)CCC1=O. The number of ether oxygens (including phenoxy) is 1. The number of allylic oxidation sites excluding steroid dienone is 1. The molecule has 0 bridgehead atoms. The number of hydrogen-bond donors (Lipinski definition) is 0. The van der Waals surface area contributed by atoms with Crippen LogP contribution in [0, 0.1) is 5.92 Å². The maximum absolute atomic E-state index is 11.2. The van der Waals surface area contributed by atoms with E-state index < -0.39 is 5.97 Å². The molecule has 0 heterocycles. The van der Waals surface area contributed by atoms with Crippen molar-refractivity contribution < 1.29 is 14.3 Å². The molecule has 12 heavy (non-hydrogen) atoms. The van der Waals surface area contributed by atoms with E-state index >= 15 is 0 Å². The van der Waals surface area contributed by atoms with Crippen molar-refractivity contribution in [3.05, 3.63) is 11.6 Å². The van der Waals surface area contributed by atoms with Crippen LogP contribution in [0.2, 0.25) is 0 Å². The van der Waals surface area contributed by atoms with Crippen LogP contribution < -0.4 is 0 Å². The molecule has 0 spiro atoms. The van der Waals surface area contributed by atoms with E-state index in [0.29, 0.717) is 12.3 Å². The molecule has 1 aliphatic carbocycles. The minimum absolute atomic E-state index is 0.0973. The van der Waals surface area contributed by atoms with Crippen molar-refractivity contribution >= 4 is 11.8 Å². The van der Waals surface area contributed by atoms with Gasteiger partial charge in [0.15, 0.2) is 5.78 Å². The summed E-state index contributed by atoms with van der Waals surface area (Å²) in [6.07, 6.45) is 2.99. The Kier molecular flexibility index (Phi) is 2.63. The molecule has 66 valence electrons. The lowest BCUT2D eigenvalue weighted by Crippen LogP contribution is -2.19. The summed E-state index contributed by atoms with van der Waals surface area (Å²) in [5.41, 5.74) is 0.219. The summed E-state index contributed by atoms with van der Waals surface area (Å²) < 4.78 is 4.48. The van der Waals surface area contributed by atoms with E-state index in [1.165, 1.54) is 7.11 Å². The fraction of sp³-hybridized carbons (Fsp3) is 0.556. The van der Waals surface area contributed by atoms with Gasteiger partial charge in [0.1, 0.15) is 0 Å². The number of carbonyl (C=O) groups is 2. The van der Waals surface area contributed by atoms with E-state index in [4.69, 9.17) is 0 Å². The molecule has 1 atom stereocenters. The molecule has 0 aromatic rings. The van der Waals surface area contributed by atoms with Crippen LogP contribution in [-0.4, -0.2) is 18.9 Å². The highest BCUT2D eigenvalue weighted by Gasteiger charge is 2.23. The van der Waals surface area contributed by atoms with E-state index in [0.717, 1.165) is 6.42 Å². The van der Waals surface area contributed by atoms with E-state index in [1.54, 1.807) is 6.08 Å². The lowest BCUT2D eigenvalue weighted by atomic mass is 9.91. The van der Waals surface area contributed by atoms with Crippen LogP contribution in [0.4, 0.5) is 0 Å². The monoisotopic (exact) mass is 168 g/mol. The Hall–Kier alpha value is -1.12. The first-order valence-electron chi connectivity index (χ1n) is 3.98. The smallest absolute Gasteiger partial charge is 0.341 e. The lowest BCUT2D eigenvalue weighted by Gasteiger charge is -2.14. The van der Waals surface area contributed by atoms with Crippen LogP contribution in [0.25, 0.3) is 0 Å². The Morgan fingerprint density at radius 3 is 2.92 bits per heavy atom. The lowest BCUT2D eigenvalue weighted by molar-refractivity contribution is -0.138. The third-order valence-corrected chi connectivity index (χ3v) is 1.98. The average Bonchev–Trinajstić information content (AvgIpc) is 2.08. The molecule has 0 aromatic carbocycles. The van der Waals surface area contributed by atoms with Gasteiger partial charge in [-0.3, -0.25) is 4.79 Å². The van der Waals surface area contributed by atoms with Crippen molar-refractivity contribution in [1.82, 2.24) is 0 Å². The second-order valence-corrected chi connectivity index (χ2v) is 3.01. The highest BCUT2D eigenvalue weighted by Crippen LogP contribution is 2.20. The van der Waals surface area contributed by atoms with Gasteiger partial charge in [0, 0.05) is 6.42 Å². The molecule has 1 unspecified atom stereocenters. The van der Waals surface area contributed by atoms with Crippen molar-refractivity contribution in [3.63, 3.8) is 0 Å². The van der Waals surface area contributed by atoms with Gasteiger partial charge >= 0.3 is 5.97 Å². The van der Waals surface area contributed by atoms with E-state index in [1.807, 2.05) is 6.92 Å². The number of methoxy groups -OCH3 is 1. The number of esters is 1. The van der Waals surface area contributed by atoms with Crippen molar-refractivity contribution in [2.24, 2.45) is 5.92 Å². The number of hydrogen-bond acceptors (Lipinski definition) is 3. The summed E-state index contributed by atoms with van der Waals surface area (Å²) in [5.74, 6) is -0.302. The van der Waals surface area contributed by atoms with E-state index in [-0.39, 0.29) is 11.4 Å². The highest BCUT2D eigenvalue weighted by atomic mass is 16.5.